The van der Waals surface area contributed by atoms with Gasteiger partial charge < -0.3 is 4.90 Å². The number of likely N-dealkylation sites (N-methyl/N-ethyl adjacent to an activating group) is 1. The average Bonchev–Trinajstić information content (AvgIpc) is 2.88. The highest BCUT2D eigenvalue weighted by molar-refractivity contribution is 7.22. The molecule has 1 aromatic carbocycles. The molecule has 0 bridgehead atoms. The third kappa shape index (κ3) is 3.73. The van der Waals surface area contributed by atoms with Crippen LogP contribution in [0.5, 0.6) is 0 Å². The summed E-state index contributed by atoms with van der Waals surface area (Å²) < 4.78 is 1.01. The zero-order valence-corrected chi connectivity index (χ0v) is 14.2. The molecule has 0 unspecified atom stereocenters. The Kier molecular flexibility index (Phi) is 5.56. The van der Waals surface area contributed by atoms with Crippen molar-refractivity contribution in [3.05, 3.63) is 23.2 Å². The predicted molar refractivity (Wildman–Crippen MR) is 89.6 cm³/mol. The van der Waals surface area contributed by atoms with Crippen molar-refractivity contribution in [2.45, 2.75) is 20.8 Å². The molecule has 0 radical (unpaired) electrons. The van der Waals surface area contributed by atoms with E-state index in [1.807, 2.05) is 18.2 Å². The van der Waals surface area contributed by atoms with Gasteiger partial charge >= 0.3 is 0 Å². The number of carbonyl (C=O) groups is 1. The first-order valence-corrected chi connectivity index (χ1v) is 8.43. The van der Waals surface area contributed by atoms with Crippen LogP contribution < -0.4 is 9.80 Å². The number of quaternary nitrogens is 1. The van der Waals surface area contributed by atoms with Crippen LogP contribution in [-0.4, -0.2) is 37.1 Å². The van der Waals surface area contributed by atoms with E-state index in [0.717, 1.165) is 35.0 Å². The number of hydrogen-bond donors (Lipinski definition) is 1. The fourth-order valence-electron chi connectivity index (χ4n) is 2.28. The summed E-state index contributed by atoms with van der Waals surface area (Å²) in [5, 5.41) is 1.37. The normalized spacial score (nSPS) is 11.3. The van der Waals surface area contributed by atoms with Gasteiger partial charge in [-0.1, -0.05) is 29.0 Å². The highest BCUT2D eigenvalue weighted by Gasteiger charge is 2.18. The van der Waals surface area contributed by atoms with Crippen LogP contribution in [0.1, 0.15) is 20.8 Å². The van der Waals surface area contributed by atoms with Gasteiger partial charge in [0.2, 0.25) is 5.91 Å². The van der Waals surface area contributed by atoms with E-state index in [-0.39, 0.29) is 5.91 Å². The van der Waals surface area contributed by atoms with Crippen molar-refractivity contribution in [1.82, 2.24) is 4.98 Å². The Bertz CT molecular complexity index is 624. The van der Waals surface area contributed by atoms with Gasteiger partial charge in [0.05, 0.1) is 35.9 Å². The average molecular weight is 327 g/mol. The Morgan fingerprint density at radius 1 is 1.38 bits per heavy atom. The number of fused-ring (bicyclic) bond motifs is 1. The maximum atomic E-state index is 11.9. The first-order chi connectivity index (χ1) is 10.1. The second kappa shape index (κ2) is 7.20. The molecular formula is C15H21ClN3OS+. The lowest BCUT2D eigenvalue weighted by Crippen LogP contribution is -3.12. The van der Waals surface area contributed by atoms with E-state index in [2.05, 4.69) is 18.8 Å². The first kappa shape index (κ1) is 16.2. The minimum atomic E-state index is 0.0248. The molecule has 6 heteroatoms. The molecule has 0 spiro atoms. The van der Waals surface area contributed by atoms with Gasteiger partial charge in [-0.05, 0) is 26.0 Å². The van der Waals surface area contributed by atoms with Crippen molar-refractivity contribution in [2.75, 3.05) is 31.1 Å². The van der Waals surface area contributed by atoms with Gasteiger partial charge in [-0.2, -0.15) is 0 Å². The number of carbonyl (C=O) groups excluding carboxylic acids is 1. The Balaban J connectivity index is 2.24. The lowest BCUT2D eigenvalue weighted by Gasteiger charge is -2.21. The molecule has 1 amide bonds. The van der Waals surface area contributed by atoms with Gasteiger partial charge in [-0.3, -0.25) is 9.69 Å². The van der Waals surface area contributed by atoms with Crippen LogP contribution in [0.4, 0.5) is 5.13 Å². The van der Waals surface area contributed by atoms with Gasteiger partial charge in [0, 0.05) is 6.92 Å². The molecule has 1 N–H and O–H groups in total. The third-order valence-corrected chi connectivity index (χ3v) is 5.01. The number of aromatic nitrogens is 1. The van der Waals surface area contributed by atoms with Crippen molar-refractivity contribution in [1.29, 1.82) is 0 Å². The maximum absolute atomic E-state index is 11.9. The molecule has 114 valence electrons. The zero-order valence-electron chi connectivity index (χ0n) is 12.6. The number of nitrogens with zero attached hydrogens (tertiary/aromatic N) is 2. The summed E-state index contributed by atoms with van der Waals surface area (Å²) in [6.45, 7) is 9.65. The van der Waals surface area contributed by atoms with E-state index in [9.17, 15) is 4.79 Å². The molecule has 0 saturated heterocycles. The predicted octanol–water partition coefficient (Wildman–Crippen LogP) is 2.23. The molecule has 1 heterocycles. The number of thiazole rings is 1. The quantitative estimate of drug-likeness (QED) is 0.884. The van der Waals surface area contributed by atoms with Crippen molar-refractivity contribution in [3.63, 3.8) is 0 Å². The van der Waals surface area contributed by atoms with Crippen LogP contribution in [0.3, 0.4) is 0 Å². The standard InChI is InChI=1S/C15H20ClN3OS/c1-4-18(5-2)9-10-19(11(3)20)15-17-14-12(16)7-6-8-13(14)21-15/h6-8H,4-5,9-10H2,1-3H3/p+1. The lowest BCUT2D eigenvalue weighted by atomic mass is 10.3. The summed E-state index contributed by atoms with van der Waals surface area (Å²) in [5.74, 6) is 0.0248. The Hall–Kier alpha value is -1.17. The second-order valence-electron chi connectivity index (χ2n) is 4.96. The number of benzene rings is 1. The number of anilines is 1. The van der Waals surface area contributed by atoms with E-state index in [4.69, 9.17) is 11.6 Å². The van der Waals surface area contributed by atoms with Gasteiger partial charge in [0.1, 0.15) is 5.52 Å². The molecule has 0 aliphatic heterocycles. The number of hydrogen-bond acceptors (Lipinski definition) is 3. The summed E-state index contributed by atoms with van der Waals surface area (Å²) in [7, 11) is 0. The van der Waals surface area contributed by atoms with Crippen molar-refractivity contribution < 1.29 is 9.69 Å². The van der Waals surface area contributed by atoms with Crippen LogP contribution in [-0.2, 0) is 4.79 Å². The Morgan fingerprint density at radius 3 is 2.67 bits per heavy atom. The van der Waals surface area contributed by atoms with E-state index in [1.165, 1.54) is 16.2 Å². The summed E-state index contributed by atoms with van der Waals surface area (Å²) in [6, 6.07) is 5.71. The fraction of sp³-hybridized carbons (Fsp3) is 0.467. The molecule has 2 rings (SSSR count). The number of amides is 1. The lowest BCUT2D eigenvalue weighted by molar-refractivity contribution is -0.894. The van der Waals surface area contributed by atoms with Crippen LogP contribution >= 0.6 is 22.9 Å². The monoisotopic (exact) mass is 326 g/mol. The first-order valence-electron chi connectivity index (χ1n) is 7.23. The number of nitrogens with one attached hydrogen (secondary N) is 1. The van der Waals surface area contributed by atoms with Crippen LogP contribution in [0.2, 0.25) is 5.02 Å². The topological polar surface area (TPSA) is 37.6 Å². The molecule has 0 aliphatic carbocycles. The van der Waals surface area contributed by atoms with Crippen molar-refractivity contribution >= 4 is 44.2 Å². The van der Waals surface area contributed by atoms with Gasteiger partial charge in [-0.25, -0.2) is 4.98 Å². The highest BCUT2D eigenvalue weighted by Crippen LogP contribution is 2.32. The summed E-state index contributed by atoms with van der Waals surface area (Å²) in [6.07, 6.45) is 0. The van der Waals surface area contributed by atoms with E-state index >= 15 is 0 Å². The molecule has 0 atom stereocenters. The summed E-state index contributed by atoms with van der Waals surface area (Å²) >= 11 is 7.68. The SMILES string of the molecule is CC[NH+](CC)CCN(C(C)=O)c1nc2c(Cl)cccc2s1. The molecular weight excluding hydrogens is 306 g/mol. The minimum absolute atomic E-state index is 0.0248. The number of rotatable bonds is 6. The molecule has 0 aliphatic rings. The number of para-hydroxylation sites is 1. The molecule has 21 heavy (non-hydrogen) atoms. The maximum Gasteiger partial charge on any atom is 0.225 e. The largest absolute Gasteiger partial charge is 0.334 e. The van der Waals surface area contributed by atoms with Crippen LogP contribution in [0.15, 0.2) is 18.2 Å². The van der Waals surface area contributed by atoms with E-state index in [0.29, 0.717) is 11.6 Å². The Morgan fingerprint density at radius 2 is 2.10 bits per heavy atom. The number of halogens is 1. The highest BCUT2D eigenvalue weighted by atomic mass is 35.5. The van der Waals surface area contributed by atoms with E-state index < -0.39 is 0 Å². The van der Waals surface area contributed by atoms with Gasteiger partial charge in [0.25, 0.3) is 0 Å². The summed E-state index contributed by atoms with van der Waals surface area (Å²) in [5.41, 5.74) is 0.778. The second-order valence-corrected chi connectivity index (χ2v) is 6.38. The van der Waals surface area contributed by atoms with Gasteiger partial charge in [-0.15, -0.1) is 0 Å². The molecule has 2 aromatic rings. The van der Waals surface area contributed by atoms with E-state index in [1.54, 1.807) is 11.8 Å². The van der Waals surface area contributed by atoms with Crippen LogP contribution in [0, 0.1) is 0 Å². The van der Waals surface area contributed by atoms with Gasteiger partial charge in [0.15, 0.2) is 5.13 Å². The molecule has 4 nitrogen and oxygen atoms in total. The summed E-state index contributed by atoms with van der Waals surface area (Å²) in [4.78, 5) is 19.7. The minimum Gasteiger partial charge on any atom is -0.334 e. The van der Waals surface area contributed by atoms with Crippen molar-refractivity contribution in [2.24, 2.45) is 0 Å². The third-order valence-electron chi connectivity index (χ3n) is 3.66. The molecule has 0 saturated carbocycles. The molecule has 0 fully saturated rings. The Labute approximate surface area is 134 Å². The zero-order chi connectivity index (χ0) is 15.4. The smallest absolute Gasteiger partial charge is 0.225 e. The van der Waals surface area contributed by atoms with Crippen LogP contribution in [0.25, 0.3) is 10.2 Å². The van der Waals surface area contributed by atoms with Crippen molar-refractivity contribution in [3.8, 4) is 0 Å². The fourth-order valence-corrected chi connectivity index (χ4v) is 3.62. The molecule has 1 aromatic heterocycles.